The highest BCUT2D eigenvalue weighted by Gasteiger charge is 2.30. The zero-order valence-corrected chi connectivity index (χ0v) is 17.2. The molecule has 3 rings (SSSR count). The summed E-state index contributed by atoms with van der Waals surface area (Å²) in [6.45, 7) is 0. The van der Waals surface area contributed by atoms with Gasteiger partial charge in [0.25, 0.3) is 0 Å². The van der Waals surface area contributed by atoms with E-state index in [9.17, 15) is 14.7 Å². The number of hydrogen-bond donors (Lipinski definition) is 1. The summed E-state index contributed by atoms with van der Waals surface area (Å²) in [6, 6.07) is 14.0. The first-order chi connectivity index (χ1) is 14.5. The van der Waals surface area contributed by atoms with Gasteiger partial charge in [0.05, 0.1) is 25.5 Å². The number of rotatable bonds is 5. The molecular formula is C23H20ClNO5. The Balaban J connectivity index is 2.22. The summed E-state index contributed by atoms with van der Waals surface area (Å²) in [4.78, 5) is 26.5. The highest BCUT2D eigenvalue weighted by atomic mass is 35.5. The van der Waals surface area contributed by atoms with Crippen molar-refractivity contribution in [3.63, 3.8) is 0 Å². The molecule has 0 saturated carbocycles. The molecule has 1 atom stereocenters. The molecule has 0 fully saturated rings. The van der Waals surface area contributed by atoms with Crippen LogP contribution in [-0.2, 0) is 19.1 Å². The number of halogens is 1. The Morgan fingerprint density at radius 1 is 1.00 bits per heavy atom. The smallest absolute Gasteiger partial charge is 0.355 e. The molecule has 1 aliphatic rings. The molecule has 0 radical (unpaired) electrons. The van der Waals surface area contributed by atoms with Crippen LogP contribution in [0.4, 0.5) is 5.69 Å². The molecule has 0 spiro atoms. The molecule has 154 valence electrons. The van der Waals surface area contributed by atoms with Gasteiger partial charge in [0.2, 0.25) is 0 Å². The maximum Gasteiger partial charge on any atom is 0.355 e. The Bertz CT molecular complexity index is 1040. The van der Waals surface area contributed by atoms with Gasteiger partial charge in [0.1, 0.15) is 11.8 Å². The number of allylic oxidation sites excluding steroid dienone is 2. The number of carbonyl (C=O) groups is 2. The summed E-state index contributed by atoms with van der Waals surface area (Å²) in [7, 11) is 2.45. The molecule has 0 bridgehead atoms. The van der Waals surface area contributed by atoms with E-state index < -0.39 is 18.0 Å². The lowest BCUT2D eigenvalue weighted by atomic mass is 9.98. The van der Waals surface area contributed by atoms with Crippen molar-refractivity contribution in [3.05, 3.63) is 100 Å². The normalized spacial score (nSPS) is 14.3. The minimum Gasteiger partial charge on any atom is -0.465 e. The van der Waals surface area contributed by atoms with Gasteiger partial charge in [-0.3, -0.25) is 0 Å². The molecule has 0 saturated heterocycles. The Hall–Kier alpha value is -3.35. The van der Waals surface area contributed by atoms with Crippen molar-refractivity contribution in [1.29, 1.82) is 0 Å². The van der Waals surface area contributed by atoms with Gasteiger partial charge in [0, 0.05) is 16.8 Å². The van der Waals surface area contributed by atoms with E-state index in [1.165, 1.54) is 25.2 Å². The largest absolute Gasteiger partial charge is 0.465 e. The first-order valence-corrected chi connectivity index (χ1v) is 9.43. The van der Waals surface area contributed by atoms with Crippen molar-refractivity contribution in [3.8, 4) is 0 Å². The maximum atomic E-state index is 12.7. The molecule has 1 heterocycles. The van der Waals surface area contributed by atoms with E-state index in [1.54, 1.807) is 48.7 Å². The summed E-state index contributed by atoms with van der Waals surface area (Å²) in [5.41, 5.74) is 1.53. The number of methoxy groups -OCH3 is 2. The van der Waals surface area contributed by atoms with E-state index in [4.69, 9.17) is 21.1 Å². The van der Waals surface area contributed by atoms with Crippen LogP contribution in [0.25, 0.3) is 0 Å². The van der Waals surface area contributed by atoms with Crippen molar-refractivity contribution in [2.45, 2.75) is 6.10 Å². The highest BCUT2D eigenvalue weighted by molar-refractivity contribution is 6.30. The third kappa shape index (κ3) is 4.30. The number of hydrogen-bond acceptors (Lipinski definition) is 6. The fourth-order valence-corrected chi connectivity index (χ4v) is 3.31. The number of ether oxygens (including phenoxy) is 2. The zero-order valence-electron chi connectivity index (χ0n) is 16.4. The number of nitrogens with zero attached hydrogens (tertiary/aromatic N) is 1. The minimum absolute atomic E-state index is 0.0180. The van der Waals surface area contributed by atoms with E-state index in [1.807, 2.05) is 18.2 Å². The molecule has 2 aromatic rings. The van der Waals surface area contributed by atoms with E-state index >= 15 is 0 Å². The van der Waals surface area contributed by atoms with Crippen LogP contribution in [0, 0.1) is 0 Å². The fraction of sp³-hybridized carbons (Fsp3) is 0.130. The van der Waals surface area contributed by atoms with Crippen molar-refractivity contribution in [2.24, 2.45) is 0 Å². The molecule has 6 nitrogen and oxygen atoms in total. The van der Waals surface area contributed by atoms with Crippen molar-refractivity contribution in [2.75, 3.05) is 19.1 Å². The summed E-state index contributed by atoms with van der Waals surface area (Å²) >= 11 is 6.21. The second kappa shape index (κ2) is 9.43. The lowest BCUT2D eigenvalue weighted by Gasteiger charge is -2.27. The second-order valence-corrected chi connectivity index (χ2v) is 6.77. The highest BCUT2D eigenvalue weighted by Crippen LogP contribution is 2.36. The van der Waals surface area contributed by atoms with Gasteiger partial charge >= 0.3 is 11.9 Å². The van der Waals surface area contributed by atoms with Gasteiger partial charge in [-0.1, -0.05) is 48.0 Å². The van der Waals surface area contributed by atoms with E-state index in [0.29, 0.717) is 21.8 Å². The molecule has 1 aliphatic heterocycles. The monoisotopic (exact) mass is 425 g/mol. The number of aliphatic hydroxyl groups is 1. The average molecular weight is 426 g/mol. The average Bonchev–Trinajstić information content (AvgIpc) is 3.01. The maximum absolute atomic E-state index is 12.7. The Labute approximate surface area is 179 Å². The molecular weight excluding hydrogens is 406 g/mol. The predicted octanol–water partition coefficient (Wildman–Crippen LogP) is 3.91. The van der Waals surface area contributed by atoms with Crippen LogP contribution in [0.15, 0.2) is 84.2 Å². The SMILES string of the molecule is COC(=O)C1=C(C(=O)OC)N(c2ccc(Cl)cc2C(O)c2ccccc2)C=CC=C1. The molecule has 2 aromatic carbocycles. The molecule has 7 heteroatoms. The van der Waals surface area contributed by atoms with Gasteiger partial charge in [-0.05, 0) is 35.9 Å². The Morgan fingerprint density at radius 3 is 2.37 bits per heavy atom. The Morgan fingerprint density at radius 2 is 1.70 bits per heavy atom. The second-order valence-electron chi connectivity index (χ2n) is 6.33. The summed E-state index contributed by atoms with van der Waals surface area (Å²) in [5.74, 6) is -1.43. The standard InChI is InChI=1S/C23H20ClNO5/c1-29-22(27)17-10-6-7-13-25(20(17)23(28)30-2)19-12-11-16(24)14-18(19)21(26)15-8-4-3-5-9-15/h3-14,21,26H,1-2H3. The third-order valence-electron chi connectivity index (χ3n) is 4.55. The molecule has 30 heavy (non-hydrogen) atoms. The van der Waals surface area contributed by atoms with Crippen LogP contribution in [0.1, 0.15) is 17.2 Å². The Kier molecular flexibility index (Phi) is 6.72. The molecule has 1 unspecified atom stereocenters. The van der Waals surface area contributed by atoms with Crippen LogP contribution in [0.2, 0.25) is 5.02 Å². The number of anilines is 1. The van der Waals surface area contributed by atoms with Crippen molar-refractivity contribution < 1.29 is 24.2 Å². The molecule has 0 aliphatic carbocycles. The van der Waals surface area contributed by atoms with Crippen LogP contribution < -0.4 is 4.90 Å². The molecule has 0 amide bonds. The third-order valence-corrected chi connectivity index (χ3v) is 4.78. The minimum atomic E-state index is -1.02. The first-order valence-electron chi connectivity index (χ1n) is 9.05. The van der Waals surface area contributed by atoms with Crippen molar-refractivity contribution in [1.82, 2.24) is 0 Å². The summed E-state index contributed by atoms with van der Waals surface area (Å²) in [5, 5.41) is 11.5. The topological polar surface area (TPSA) is 76.1 Å². The van der Waals surface area contributed by atoms with E-state index in [-0.39, 0.29) is 11.3 Å². The fourth-order valence-electron chi connectivity index (χ4n) is 3.13. The van der Waals surface area contributed by atoms with Crippen LogP contribution in [0.3, 0.4) is 0 Å². The van der Waals surface area contributed by atoms with Gasteiger partial charge in [-0.2, -0.15) is 0 Å². The number of benzene rings is 2. The molecule has 1 N–H and O–H groups in total. The number of carbonyl (C=O) groups excluding carboxylic acids is 2. The van der Waals surface area contributed by atoms with Crippen LogP contribution in [0.5, 0.6) is 0 Å². The van der Waals surface area contributed by atoms with Gasteiger partial charge in [-0.15, -0.1) is 0 Å². The predicted molar refractivity (Wildman–Crippen MR) is 114 cm³/mol. The van der Waals surface area contributed by atoms with E-state index in [2.05, 4.69) is 0 Å². The van der Waals surface area contributed by atoms with Crippen LogP contribution >= 0.6 is 11.6 Å². The van der Waals surface area contributed by atoms with E-state index in [0.717, 1.165) is 0 Å². The summed E-state index contributed by atoms with van der Waals surface area (Å²) < 4.78 is 9.77. The van der Waals surface area contributed by atoms with Gasteiger partial charge < -0.3 is 19.5 Å². The van der Waals surface area contributed by atoms with Gasteiger partial charge in [0.15, 0.2) is 0 Å². The zero-order chi connectivity index (χ0) is 21.7. The lowest BCUT2D eigenvalue weighted by Crippen LogP contribution is -2.28. The number of esters is 2. The number of aliphatic hydroxyl groups excluding tert-OH is 1. The van der Waals surface area contributed by atoms with Crippen LogP contribution in [-0.4, -0.2) is 31.3 Å². The summed E-state index contributed by atoms with van der Waals surface area (Å²) in [6.07, 6.45) is 5.32. The first kappa shape index (κ1) is 21.4. The van der Waals surface area contributed by atoms with Gasteiger partial charge in [-0.25, -0.2) is 9.59 Å². The van der Waals surface area contributed by atoms with Crippen molar-refractivity contribution >= 4 is 29.2 Å². The lowest BCUT2D eigenvalue weighted by molar-refractivity contribution is -0.139. The molecule has 0 aromatic heterocycles. The quantitative estimate of drug-likeness (QED) is 0.732.